The number of carbonyl (C=O) groups excluding carboxylic acids is 1. The minimum atomic E-state index is -0.322. The zero-order valence-electron chi connectivity index (χ0n) is 8.23. The molecule has 0 unspecified atom stereocenters. The van der Waals surface area contributed by atoms with Gasteiger partial charge >= 0.3 is 5.91 Å². The van der Waals surface area contributed by atoms with E-state index in [0.29, 0.717) is 5.76 Å². The SMILES string of the molecule is CSC(=NC(=O)c1ccc(C)o1)SC. The van der Waals surface area contributed by atoms with Crippen LogP contribution in [-0.4, -0.2) is 22.8 Å². The van der Waals surface area contributed by atoms with Crippen LogP contribution in [0, 0.1) is 6.92 Å². The molecule has 0 aliphatic rings. The van der Waals surface area contributed by atoms with Crippen molar-refractivity contribution < 1.29 is 9.21 Å². The van der Waals surface area contributed by atoms with Crippen LogP contribution in [0.1, 0.15) is 16.3 Å². The molecule has 0 aliphatic heterocycles. The van der Waals surface area contributed by atoms with E-state index < -0.39 is 0 Å². The highest BCUT2D eigenvalue weighted by atomic mass is 32.2. The lowest BCUT2D eigenvalue weighted by Crippen LogP contribution is -1.95. The summed E-state index contributed by atoms with van der Waals surface area (Å²) in [5.74, 6) is 0.693. The Morgan fingerprint density at radius 3 is 2.43 bits per heavy atom. The summed E-state index contributed by atoms with van der Waals surface area (Å²) >= 11 is 2.90. The number of carbonyl (C=O) groups is 1. The third-order valence-electron chi connectivity index (χ3n) is 1.49. The van der Waals surface area contributed by atoms with Crippen molar-refractivity contribution in [1.82, 2.24) is 0 Å². The van der Waals surface area contributed by atoms with E-state index in [0.717, 1.165) is 10.1 Å². The Bertz CT molecular complexity index is 351. The molecule has 0 N–H and O–H groups in total. The molecule has 0 saturated heterocycles. The molecule has 76 valence electrons. The first-order valence-corrected chi connectivity index (χ1v) is 6.39. The van der Waals surface area contributed by atoms with Crippen molar-refractivity contribution in [3.05, 3.63) is 23.7 Å². The largest absolute Gasteiger partial charge is 0.456 e. The Balaban J connectivity index is 2.81. The smallest absolute Gasteiger partial charge is 0.314 e. The fraction of sp³-hybridized carbons (Fsp3) is 0.333. The number of aliphatic imine (C=N–C) groups is 1. The summed E-state index contributed by atoms with van der Waals surface area (Å²) in [7, 11) is 0. The van der Waals surface area contributed by atoms with Crippen LogP contribution in [0.2, 0.25) is 0 Å². The van der Waals surface area contributed by atoms with E-state index in [1.807, 2.05) is 12.5 Å². The number of hydrogen-bond donors (Lipinski definition) is 0. The summed E-state index contributed by atoms with van der Waals surface area (Å²) in [5.41, 5.74) is 0. The number of thioether (sulfide) groups is 2. The maximum atomic E-state index is 11.5. The second-order valence-corrected chi connectivity index (χ2v) is 4.35. The van der Waals surface area contributed by atoms with E-state index in [1.165, 1.54) is 23.5 Å². The highest BCUT2D eigenvalue weighted by Crippen LogP contribution is 2.14. The molecule has 5 heteroatoms. The predicted molar refractivity (Wildman–Crippen MR) is 62.2 cm³/mol. The summed E-state index contributed by atoms with van der Waals surface area (Å²) < 4.78 is 5.90. The number of aryl methyl sites for hydroxylation is 1. The highest BCUT2D eigenvalue weighted by molar-refractivity contribution is 8.38. The topological polar surface area (TPSA) is 42.6 Å². The lowest BCUT2D eigenvalue weighted by Gasteiger charge is -1.95. The molecule has 0 saturated carbocycles. The van der Waals surface area contributed by atoms with Gasteiger partial charge < -0.3 is 4.42 Å². The first-order chi connectivity index (χ1) is 6.67. The molecule has 0 radical (unpaired) electrons. The monoisotopic (exact) mass is 229 g/mol. The number of hydrogen-bond acceptors (Lipinski definition) is 4. The molecule has 0 atom stereocenters. The summed E-state index contributed by atoms with van der Waals surface area (Å²) in [4.78, 5) is 15.4. The van der Waals surface area contributed by atoms with E-state index >= 15 is 0 Å². The first kappa shape index (κ1) is 11.4. The van der Waals surface area contributed by atoms with Crippen LogP contribution in [0.15, 0.2) is 21.5 Å². The average Bonchev–Trinajstić information content (AvgIpc) is 2.61. The van der Waals surface area contributed by atoms with Crippen molar-refractivity contribution in [1.29, 1.82) is 0 Å². The van der Waals surface area contributed by atoms with E-state index in [4.69, 9.17) is 4.42 Å². The Hall–Kier alpha value is -0.680. The summed E-state index contributed by atoms with van der Waals surface area (Å²) in [6, 6.07) is 3.39. The average molecular weight is 229 g/mol. The second-order valence-electron chi connectivity index (χ2n) is 2.50. The molecule has 1 amide bonds. The molecule has 0 bridgehead atoms. The summed E-state index contributed by atoms with van der Waals surface area (Å²) in [6.07, 6.45) is 3.77. The lowest BCUT2D eigenvalue weighted by atomic mass is 10.4. The fourth-order valence-corrected chi connectivity index (χ4v) is 1.88. The Morgan fingerprint density at radius 1 is 1.36 bits per heavy atom. The van der Waals surface area contributed by atoms with Gasteiger partial charge in [-0.1, -0.05) is 0 Å². The second kappa shape index (κ2) is 5.26. The summed E-state index contributed by atoms with van der Waals surface area (Å²) in [6.45, 7) is 1.80. The van der Waals surface area contributed by atoms with Crippen LogP contribution in [0.4, 0.5) is 0 Å². The molecular formula is C9H11NO2S2. The third-order valence-corrected chi connectivity index (χ3v) is 3.37. The van der Waals surface area contributed by atoms with Crippen LogP contribution >= 0.6 is 23.5 Å². The number of nitrogens with zero attached hydrogens (tertiary/aromatic N) is 1. The maximum Gasteiger partial charge on any atom is 0.314 e. The van der Waals surface area contributed by atoms with E-state index in [-0.39, 0.29) is 5.91 Å². The van der Waals surface area contributed by atoms with Gasteiger partial charge in [0.1, 0.15) is 10.1 Å². The zero-order chi connectivity index (χ0) is 10.6. The quantitative estimate of drug-likeness (QED) is 0.548. The van der Waals surface area contributed by atoms with Crippen LogP contribution in [0.5, 0.6) is 0 Å². The van der Waals surface area contributed by atoms with Crippen molar-refractivity contribution in [3.63, 3.8) is 0 Å². The molecule has 1 aromatic rings. The van der Waals surface area contributed by atoms with Crippen LogP contribution in [0.25, 0.3) is 0 Å². The van der Waals surface area contributed by atoms with Gasteiger partial charge in [-0.15, -0.1) is 23.5 Å². The minimum absolute atomic E-state index is 0.295. The van der Waals surface area contributed by atoms with Crippen LogP contribution in [-0.2, 0) is 0 Å². The Kier molecular flexibility index (Phi) is 4.28. The van der Waals surface area contributed by atoms with E-state index in [9.17, 15) is 4.79 Å². The van der Waals surface area contributed by atoms with E-state index in [2.05, 4.69) is 4.99 Å². The fourth-order valence-electron chi connectivity index (χ4n) is 0.862. The maximum absolute atomic E-state index is 11.5. The summed E-state index contributed by atoms with van der Waals surface area (Å²) in [5, 5.41) is 0. The Morgan fingerprint density at radius 2 is 2.00 bits per heavy atom. The molecule has 1 rings (SSSR count). The van der Waals surface area contributed by atoms with Gasteiger partial charge in [-0.25, -0.2) is 0 Å². The molecule has 1 heterocycles. The van der Waals surface area contributed by atoms with Crippen LogP contribution in [0.3, 0.4) is 0 Å². The number of furan rings is 1. The van der Waals surface area contributed by atoms with Gasteiger partial charge in [0.15, 0.2) is 5.76 Å². The molecule has 0 spiro atoms. The zero-order valence-corrected chi connectivity index (χ0v) is 9.87. The molecule has 0 fully saturated rings. The normalized spacial score (nSPS) is 9.93. The molecule has 0 aromatic carbocycles. The molecule has 3 nitrogen and oxygen atoms in total. The van der Waals surface area contributed by atoms with Gasteiger partial charge in [0.25, 0.3) is 0 Å². The lowest BCUT2D eigenvalue weighted by molar-refractivity contribution is 0.0976. The number of rotatable bonds is 1. The molecule has 0 aliphatic carbocycles. The van der Waals surface area contributed by atoms with Gasteiger partial charge in [0, 0.05) is 0 Å². The van der Waals surface area contributed by atoms with Gasteiger partial charge in [0.2, 0.25) is 0 Å². The van der Waals surface area contributed by atoms with Crippen molar-refractivity contribution in [2.24, 2.45) is 4.99 Å². The standard InChI is InChI=1S/C9H11NO2S2/c1-6-4-5-7(12-6)8(11)10-9(13-2)14-3/h4-5H,1-3H3. The molecule has 14 heavy (non-hydrogen) atoms. The van der Waals surface area contributed by atoms with E-state index in [1.54, 1.807) is 19.1 Å². The van der Waals surface area contributed by atoms with Gasteiger partial charge in [-0.2, -0.15) is 4.99 Å². The molecular weight excluding hydrogens is 218 g/mol. The highest BCUT2D eigenvalue weighted by Gasteiger charge is 2.09. The Labute approximate surface area is 91.4 Å². The first-order valence-electron chi connectivity index (χ1n) is 3.95. The van der Waals surface area contributed by atoms with Crippen molar-refractivity contribution in [2.75, 3.05) is 12.5 Å². The van der Waals surface area contributed by atoms with Gasteiger partial charge in [-0.3, -0.25) is 4.79 Å². The molecule has 1 aromatic heterocycles. The van der Waals surface area contributed by atoms with Crippen molar-refractivity contribution in [2.45, 2.75) is 6.92 Å². The van der Waals surface area contributed by atoms with Gasteiger partial charge in [0.05, 0.1) is 0 Å². The van der Waals surface area contributed by atoms with Crippen molar-refractivity contribution in [3.8, 4) is 0 Å². The minimum Gasteiger partial charge on any atom is -0.456 e. The van der Waals surface area contributed by atoms with Crippen molar-refractivity contribution >= 4 is 33.8 Å². The van der Waals surface area contributed by atoms with Crippen LogP contribution < -0.4 is 0 Å². The predicted octanol–water partition coefficient (Wildman–Crippen LogP) is 2.81. The third kappa shape index (κ3) is 2.92. The number of amides is 1. The van der Waals surface area contributed by atoms with Gasteiger partial charge in [-0.05, 0) is 31.6 Å².